The van der Waals surface area contributed by atoms with Crippen LogP contribution in [0.5, 0.6) is 0 Å². The summed E-state index contributed by atoms with van der Waals surface area (Å²) in [6.45, 7) is 1.46. The van der Waals surface area contributed by atoms with Crippen molar-refractivity contribution in [2.45, 2.75) is 13.5 Å². The monoisotopic (exact) mass is 387 g/mol. The van der Waals surface area contributed by atoms with E-state index in [4.69, 9.17) is 23.2 Å². The van der Waals surface area contributed by atoms with Gasteiger partial charge in [-0.15, -0.1) is 0 Å². The van der Waals surface area contributed by atoms with Crippen LogP contribution in [0.25, 0.3) is 0 Å². The molecule has 0 aliphatic heterocycles. The maximum Gasteiger partial charge on any atom is 0.307 e. The average molecular weight is 388 g/mol. The molecular formula is C15H15Cl2N3O3S. The number of benzene rings is 1. The van der Waals surface area contributed by atoms with Gasteiger partial charge in [-0.3, -0.25) is 19.0 Å². The number of nitrogens with one attached hydrogen (secondary N) is 1. The Balaban J connectivity index is 1.98. The van der Waals surface area contributed by atoms with Crippen molar-refractivity contribution in [2.24, 2.45) is 0 Å². The molecule has 0 saturated carbocycles. The maximum absolute atomic E-state index is 12.2. The molecule has 2 amide bonds. The van der Waals surface area contributed by atoms with Crippen molar-refractivity contribution >= 4 is 52.0 Å². The van der Waals surface area contributed by atoms with Crippen LogP contribution in [0.1, 0.15) is 5.69 Å². The Bertz CT molecular complexity index is 811. The number of aryl methyl sites for hydroxylation is 1. The third kappa shape index (κ3) is 4.37. The van der Waals surface area contributed by atoms with Crippen LogP contribution in [-0.2, 0) is 16.1 Å². The molecule has 2 aromatic rings. The lowest BCUT2D eigenvalue weighted by Crippen LogP contribution is -2.38. The molecule has 0 spiro atoms. The number of nitrogens with zero attached hydrogens (tertiary/aromatic N) is 2. The van der Waals surface area contributed by atoms with Crippen LogP contribution in [0.3, 0.4) is 0 Å². The average Bonchev–Trinajstić information content (AvgIpc) is 2.83. The van der Waals surface area contributed by atoms with Crippen LogP contribution >= 0.6 is 34.5 Å². The number of carbonyl (C=O) groups excluding carboxylic acids is 2. The predicted octanol–water partition coefficient (Wildman–Crippen LogP) is 2.62. The number of aromatic nitrogens is 1. The van der Waals surface area contributed by atoms with E-state index < -0.39 is 5.91 Å². The number of carbonyl (C=O) groups is 2. The van der Waals surface area contributed by atoms with Gasteiger partial charge < -0.3 is 10.2 Å². The van der Waals surface area contributed by atoms with Gasteiger partial charge in [-0.1, -0.05) is 40.6 Å². The Hall–Kier alpha value is -1.83. The highest BCUT2D eigenvalue weighted by molar-refractivity contribution is 7.07. The fraction of sp³-hybridized carbons (Fsp3) is 0.267. The van der Waals surface area contributed by atoms with E-state index in [9.17, 15) is 14.4 Å². The molecule has 1 N–H and O–H groups in total. The highest BCUT2D eigenvalue weighted by Gasteiger charge is 2.17. The summed E-state index contributed by atoms with van der Waals surface area (Å²) >= 11 is 13.0. The lowest BCUT2D eigenvalue weighted by atomic mass is 10.3. The van der Waals surface area contributed by atoms with Crippen molar-refractivity contribution in [3.63, 3.8) is 0 Å². The van der Waals surface area contributed by atoms with Crippen molar-refractivity contribution in [3.05, 3.63) is 49.0 Å². The van der Waals surface area contributed by atoms with E-state index >= 15 is 0 Å². The quantitative estimate of drug-likeness (QED) is 0.856. The van der Waals surface area contributed by atoms with Crippen LogP contribution < -0.4 is 10.2 Å². The Morgan fingerprint density at radius 1 is 1.29 bits per heavy atom. The van der Waals surface area contributed by atoms with E-state index in [0.29, 0.717) is 21.4 Å². The molecule has 0 fully saturated rings. The molecule has 0 atom stereocenters. The minimum Gasteiger partial charge on any atom is -0.335 e. The fourth-order valence-corrected chi connectivity index (χ4v) is 3.18. The third-order valence-electron chi connectivity index (χ3n) is 3.30. The van der Waals surface area contributed by atoms with Crippen molar-refractivity contribution in [2.75, 3.05) is 18.9 Å². The van der Waals surface area contributed by atoms with Crippen molar-refractivity contribution in [1.82, 2.24) is 9.47 Å². The normalized spacial score (nSPS) is 10.5. The van der Waals surface area contributed by atoms with Crippen molar-refractivity contribution < 1.29 is 9.59 Å². The molecule has 0 radical (unpaired) electrons. The lowest BCUT2D eigenvalue weighted by molar-refractivity contribution is -0.133. The number of rotatable bonds is 5. The van der Waals surface area contributed by atoms with Gasteiger partial charge in [0.1, 0.15) is 6.54 Å². The van der Waals surface area contributed by atoms with E-state index in [-0.39, 0.29) is 23.9 Å². The van der Waals surface area contributed by atoms with E-state index in [1.807, 2.05) is 0 Å². The first-order valence-corrected chi connectivity index (χ1v) is 8.56. The summed E-state index contributed by atoms with van der Waals surface area (Å²) in [5, 5.41) is 4.89. The smallest absolute Gasteiger partial charge is 0.307 e. The Morgan fingerprint density at radius 3 is 2.46 bits per heavy atom. The molecule has 1 heterocycles. The molecule has 0 bridgehead atoms. The van der Waals surface area contributed by atoms with Gasteiger partial charge in [-0.2, -0.15) is 0 Å². The van der Waals surface area contributed by atoms with Gasteiger partial charge in [0.2, 0.25) is 11.8 Å². The van der Waals surface area contributed by atoms with E-state index in [1.54, 1.807) is 30.5 Å². The van der Waals surface area contributed by atoms with Crippen LogP contribution in [0.2, 0.25) is 10.0 Å². The second kappa shape index (κ2) is 7.83. The topological polar surface area (TPSA) is 71.4 Å². The Kier molecular flexibility index (Phi) is 6.04. The van der Waals surface area contributed by atoms with Crippen molar-refractivity contribution in [1.29, 1.82) is 0 Å². The van der Waals surface area contributed by atoms with Crippen molar-refractivity contribution in [3.8, 4) is 0 Å². The summed E-state index contributed by atoms with van der Waals surface area (Å²) in [6, 6.07) is 4.87. The lowest BCUT2D eigenvalue weighted by Gasteiger charge is -2.18. The number of amides is 2. The SMILES string of the molecule is Cc1csc(=O)n1CC(=O)N(C)CC(=O)Nc1c(Cl)cccc1Cl. The predicted molar refractivity (Wildman–Crippen MR) is 96.0 cm³/mol. The molecule has 0 aliphatic rings. The first kappa shape index (κ1) is 18.5. The van der Waals surface area contributed by atoms with Gasteiger partial charge >= 0.3 is 4.87 Å². The molecule has 0 unspecified atom stereocenters. The second-order valence-corrected chi connectivity index (χ2v) is 6.76. The molecule has 1 aromatic carbocycles. The maximum atomic E-state index is 12.2. The number of hydrogen-bond acceptors (Lipinski definition) is 4. The van der Waals surface area contributed by atoms with Crippen LogP contribution in [0.15, 0.2) is 28.4 Å². The number of thiazole rings is 1. The van der Waals surface area contributed by atoms with Gasteiger partial charge in [0.25, 0.3) is 0 Å². The van der Waals surface area contributed by atoms with Gasteiger partial charge in [0.15, 0.2) is 0 Å². The van der Waals surface area contributed by atoms with E-state index in [2.05, 4.69) is 5.32 Å². The fourth-order valence-electron chi connectivity index (χ4n) is 1.95. The summed E-state index contributed by atoms with van der Waals surface area (Å²) < 4.78 is 1.37. The second-order valence-electron chi connectivity index (χ2n) is 5.12. The Morgan fingerprint density at radius 2 is 1.92 bits per heavy atom. The van der Waals surface area contributed by atoms with E-state index in [1.165, 1.54) is 16.5 Å². The standard InChI is InChI=1S/C15H15Cl2N3O3S/c1-9-8-24-15(23)20(9)7-13(22)19(2)6-12(21)18-14-10(16)4-3-5-11(14)17/h3-5,8H,6-7H2,1-2H3,(H,18,21). The minimum absolute atomic E-state index is 0.106. The molecule has 2 rings (SSSR count). The summed E-state index contributed by atoms with van der Waals surface area (Å²) in [5.74, 6) is -0.783. The molecule has 0 saturated heterocycles. The number of hydrogen-bond donors (Lipinski definition) is 1. The molecule has 9 heteroatoms. The summed E-state index contributed by atoms with van der Waals surface area (Å²) in [5.41, 5.74) is 1.01. The van der Waals surface area contributed by atoms with Crippen LogP contribution in [0.4, 0.5) is 5.69 Å². The zero-order valence-electron chi connectivity index (χ0n) is 13.0. The van der Waals surface area contributed by atoms with E-state index in [0.717, 1.165) is 11.3 Å². The highest BCUT2D eigenvalue weighted by Crippen LogP contribution is 2.29. The third-order valence-corrected chi connectivity index (χ3v) is 4.81. The van der Waals surface area contributed by atoms with Gasteiger partial charge in [0, 0.05) is 18.1 Å². The molecule has 6 nitrogen and oxygen atoms in total. The van der Waals surface area contributed by atoms with Crippen LogP contribution in [-0.4, -0.2) is 34.9 Å². The summed E-state index contributed by atoms with van der Waals surface area (Å²) in [4.78, 5) is 36.9. The zero-order valence-corrected chi connectivity index (χ0v) is 15.3. The Labute approximate surface area is 152 Å². The molecule has 0 aliphatic carbocycles. The molecule has 24 heavy (non-hydrogen) atoms. The first-order valence-electron chi connectivity index (χ1n) is 6.92. The van der Waals surface area contributed by atoms with Gasteiger partial charge in [-0.05, 0) is 19.1 Å². The largest absolute Gasteiger partial charge is 0.335 e. The summed E-state index contributed by atoms with van der Waals surface area (Å²) in [6.07, 6.45) is 0. The van der Waals surface area contributed by atoms with Gasteiger partial charge in [-0.25, -0.2) is 0 Å². The highest BCUT2D eigenvalue weighted by atomic mass is 35.5. The number of likely N-dealkylation sites (N-methyl/N-ethyl adjacent to an activating group) is 1. The summed E-state index contributed by atoms with van der Waals surface area (Å²) in [7, 11) is 1.49. The number of halogens is 2. The molecular weight excluding hydrogens is 373 g/mol. The minimum atomic E-state index is -0.435. The van der Waals surface area contributed by atoms with Crippen LogP contribution in [0, 0.1) is 6.92 Å². The molecule has 1 aromatic heterocycles. The number of anilines is 1. The first-order chi connectivity index (χ1) is 11.3. The van der Waals surface area contributed by atoms with Gasteiger partial charge in [0.05, 0.1) is 22.3 Å². The molecule has 128 valence electrons. The number of para-hydroxylation sites is 1. The zero-order chi connectivity index (χ0) is 17.9.